The standard InChI is InChI=1S/C26H26FN5O/c1-31-15-21-16-32(14-19-6-9-24-20(13-19)3-2-11-28-24)17-23(25(21)30-31)26(33)29-12-10-18-4-7-22(27)8-5-18/h2-9,11,13,15,23H,10,12,14,16-17H2,1H3,(H,29,33)/t23-/m1/s1. The van der Waals surface area contributed by atoms with Gasteiger partial charge in [0.05, 0.1) is 17.1 Å². The van der Waals surface area contributed by atoms with Crippen LogP contribution in [0, 0.1) is 5.82 Å². The summed E-state index contributed by atoms with van der Waals surface area (Å²) in [6.07, 6.45) is 4.46. The normalized spacial score (nSPS) is 16.0. The monoisotopic (exact) mass is 443 g/mol. The number of halogens is 1. The van der Waals surface area contributed by atoms with Crippen molar-refractivity contribution in [1.82, 2.24) is 25.0 Å². The molecule has 7 heteroatoms. The van der Waals surface area contributed by atoms with Crippen molar-refractivity contribution < 1.29 is 9.18 Å². The van der Waals surface area contributed by atoms with E-state index in [2.05, 4.69) is 38.5 Å². The number of nitrogens with one attached hydrogen (secondary N) is 1. The maximum atomic E-state index is 13.1. The summed E-state index contributed by atoms with van der Waals surface area (Å²) < 4.78 is 14.9. The number of amides is 1. The van der Waals surface area contributed by atoms with Crippen LogP contribution in [-0.2, 0) is 31.4 Å². The maximum Gasteiger partial charge on any atom is 0.230 e. The first kappa shape index (κ1) is 21.3. The first-order valence-electron chi connectivity index (χ1n) is 11.2. The van der Waals surface area contributed by atoms with Gasteiger partial charge < -0.3 is 5.32 Å². The zero-order chi connectivity index (χ0) is 22.8. The summed E-state index contributed by atoms with van der Waals surface area (Å²) in [5.41, 5.74) is 5.11. The van der Waals surface area contributed by atoms with Crippen LogP contribution in [0.3, 0.4) is 0 Å². The minimum atomic E-state index is -0.328. The van der Waals surface area contributed by atoms with Crippen molar-refractivity contribution in [3.8, 4) is 0 Å². The van der Waals surface area contributed by atoms with Gasteiger partial charge in [0.25, 0.3) is 0 Å². The summed E-state index contributed by atoms with van der Waals surface area (Å²) in [5.74, 6) is -0.606. The van der Waals surface area contributed by atoms with E-state index in [1.54, 1.807) is 23.0 Å². The molecule has 1 aliphatic heterocycles. The Labute approximate surface area is 192 Å². The fraction of sp³-hybridized carbons (Fsp3) is 0.269. The summed E-state index contributed by atoms with van der Waals surface area (Å²) in [7, 11) is 1.89. The quantitative estimate of drug-likeness (QED) is 0.495. The zero-order valence-electron chi connectivity index (χ0n) is 18.5. The van der Waals surface area contributed by atoms with E-state index in [9.17, 15) is 9.18 Å². The van der Waals surface area contributed by atoms with Gasteiger partial charge in [-0.05, 0) is 47.9 Å². The molecule has 2 aromatic heterocycles. The Morgan fingerprint density at radius 1 is 1.15 bits per heavy atom. The molecule has 1 amide bonds. The molecule has 0 spiro atoms. The number of fused-ring (bicyclic) bond motifs is 2. The molecular weight excluding hydrogens is 417 g/mol. The van der Waals surface area contributed by atoms with Crippen LogP contribution in [0.2, 0.25) is 0 Å². The molecule has 1 aliphatic rings. The first-order chi connectivity index (χ1) is 16.0. The molecule has 4 aromatic rings. The molecule has 5 rings (SSSR count). The van der Waals surface area contributed by atoms with Gasteiger partial charge in [-0.15, -0.1) is 0 Å². The highest BCUT2D eigenvalue weighted by Crippen LogP contribution is 2.29. The minimum Gasteiger partial charge on any atom is -0.355 e. The average Bonchev–Trinajstić information content (AvgIpc) is 3.19. The fourth-order valence-electron chi connectivity index (χ4n) is 4.53. The second-order valence-corrected chi connectivity index (χ2v) is 8.63. The van der Waals surface area contributed by atoms with Crippen molar-refractivity contribution >= 4 is 16.8 Å². The van der Waals surface area contributed by atoms with Crippen molar-refractivity contribution in [3.63, 3.8) is 0 Å². The second-order valence-electron chi connectivity index (χ2n) is 8.63. The predicted molar refractivity (Wildman–Crippen MR) is 125 cm³/mol. The number of benzene rings is 2. The number of carbonyl (C=O) groups excluding carboxylic acids is 1. The number of aromatic nitrogens is 3. The third-order valence-corrected chi connectivity index (χ3v) is 6.12. The summed E-state index contributed by atoms with van der Waals surface area (Å²) in [6, 6.07) is 16.7. The molecular formula is C26H26FN5O. The first-order valence-corrected chi connectivity index (χ1v) is 11.2. The molecule has 6 nitrogen and oxygen atoms in total. The molecule has 168 valence electrons. The lowest BCUT2D eigenvalue weighted by Gasteiger charge is -2.31. The lowest BCUT2D eigenvalue weighted by molar-refractivity contribution is -0.123. The molecule has 0 bridgehead atoms. The van der Waals surface area contributed by atoms with Gasteiger partial charge >= 0.3 is 0 Å². The van der Waals surface area contributed by atoms with Gasteiger partial charge in [-0.25, -0.2) is 4.39 Å². The smallest absolute Gasteiger partial charge is 0.230 e. The average molecular weight is 444 g/mol. The van der Waals surface area contributed by atoms with Crippen LogP contribution in [0.15, 0.2) is 67.0 Å². The molecule has 1 atom stereocenters. The molecule has 0 fully saturated rings. The summed E-state index contributed by atoms with van der Waals surface area (Å²) in [5, 5.41) is 8.76. The van der Waals surface area contributed by atoms with Gasteiger partial charge in [0.2, 0.25) is 5.91 Å². The van der Waals surface area contributed by atoms with E-state index in [1.807, 2.05) is 25.4 Å². The maximum absolute atomic E-state index is 13.1. The Morgan fingerprint density at radius 2 is 1.97 bits per heavy atom. The number of hydrogen-bond donors (Lipinski definition) is 1. The predicted octanol–water partition coefficient (Wildman–Crippen LogP) is 3.57. The fourth-order valence-corrected chi connectivity index (χ4v) is 4.53. The molecule has 0 saturated heterocycles. The second kappa shape index (κ2) is 9.11. The number of nitrogens with zero attached hydrogens (tertiary/aromatic N) is 4. The van der Waals surface area contributed by atoms with Crippen LogP contribution in [0.5, 0.6) is 0 Å². The number of aryl methyl sites for hydroxylation is 1. The van der Waals surface area contributed by atoms with Crippen molar-refractivity contribution in [2.75, 3.05) is 13.1 Å². The van der Waals surface area contributed by atoms with Crippen LogP contribution < -0.4 is 5.32 Å². The van der Waals surface area contributed by atoms with E-state index in [1.165, 1.54) is 17.7 Å². The van der Waals surface area contributed by atoms with Crippen LogP contribution in [0.1, 0.15) is 28.3 Å². The highest BCUT2D eigenvalue weighted by Gasteiger charge is 2.33. The Morgan fingerprint density at radius 3 is 2.82 bits per heavy atom. The van der Waals surface area contributed by atoms with Crippen LogP contribution >= 0.6 is 0 Å². The van der Waals surface area contributed by atoms with Gasteiger partial charge in [0.15, 0.2) is 0 Å². The zero-order valence-corrected chi connectivity index (χ0v) is 18.5. The SMILES string of the molecule is Cn1cc2c(n1)[C@H](C(=O)NCCc1ccc(F)cc1)CN(Cc1ccc3ncccc3c1)C2. The van der Waals surface area contributed by atoms with E-state index >= 15 is 0 Å². The summed E-state index contributed by atoms with van der Waals surface area (Å²) >= 11 is 0. The van der Waals surface area contributed by atoms with E-state index in [4.69, 9.17) is 0 Å². The summed E-state index contributed by atoms with van der Waals surface area (Å²) in [4.78, 5) is 19.8. The Balaban J connectivity index is 1.28. The van der Waals surface area contributed by atoms with E-state index in [-0.39, 0.29) is 17.6 Å². The van der Waals surface area contributed by atoms with Crippen LogP contribution in [0.4, 0.5) is 4.39 Å². The number of pyridine rings is 1. The molecule has 0 saturated carbocycles. The van der Waals surface area contributed by atoms with Crippen molar-refractivity contribution in [2.24, 2.45) is 7.05 Å². The van der Waals surface area contributed by atoms with E-state index < -0.39 is 0 Å². The van der Waals surface area contributed by atoms with Gasteiger partial charge in [-0.3, -0.25) is 19.4 Å². The number of rotatable bonds is 6. The molecule has 0 radical (unpaired) electrons. The Bertz CT molecular complexity index is 1280. The minimum absolute atomic E-state index is 0.0236. The van der Waals surface area contributed by atoms with Crippen molar-refractivity contribution in [2.45, 2.75) is 25.4 Å². The third-order valence-electron chi connectivity index (χ3n) is 6.12. The Kier molecular flexibility index (Phi) is 5.88. The molecule has 0 aliphatic carbocycles. The summed E-state index contributed by atoms with van der Waals surface area (Å²) in [6.45, 7) is 2.62. The van der Waals surface area contributed by atoms with Gasteiger partial charge in [-0.2, -0.15) is 5.10 Å². The van der Waals surface area contributed by atoms with E-state index in [0.29, 0.717) is 19.5 Å². The van der Waals surface area contributed by atoms with Crippen LogP contribution in [0.25, 0.3) is 10.9 Å². The number of hydrogen-bond acceptors (Lipinski definition) is 4. The topological polar surface area (TPSA) is 63.1 Å². The van der Waals surface area contributed by atoms with Gasteiger partial charge in [0, 0.05) is 56.6 Å². The molecule has 2 aromatic carbocycles. The largest absolute Gasteiger partial charge is 0.355 e. The molecule has 1 N–H and O–H groups in total. The molecule has 33 heavy (non-hydrogen) atoms. The van der Waals surface area contributed by atoms with E-state index in [0.717, 1.165) is 40.8 Å². The van der Waals surface area contributed by atoms with Gasteiger partial charge in [0.1, 0.15) is 5.82 Å². The van der Waals surface area contributed by atoms with Crippen molar-refractivity contribution in [1.29, 1.82) is 0 Å². The third kappa shape index (κ3) is 4.78. The molecule has 3 heterocycles. The lowest BCUT2D eigenvalue weighted by Crippen LogP contribution is -2.41. The van der Waals surface area contributed by atoms with Crippen molar-refractivity contribution in [3.05, 3.63) is 95.2 Å². The van der Waals surface area contributed by atoms with Crippen LogP contribution in [-0.4, -0.2) is 38.7 Å². The lowest BCUT2D eigenvalue weighted by atomic mass is 9.95. The number of carbonyl (C=O) groups is 1. The van der Waals surface area contributed by atoms with Gasteiger partial charge in [-0.1, -0.05) is 24.3 Å². The molecule has 0 unspecified atom stereocenters. The Hall–Kier alpha value is -3.58. The highest BCUT2D eigenvalue weighted by molar-refractivity contribution is 5.84. The highest BCUT2D eigenvalue weighted by atomic mass is 19.1.